The lowest BCUT2D eigenvalue weighted by Crippen LogP contribution is -2.23. The quantitative estimate of drug-likeness (QED) is 0.615. The summed E-state index contributed by atoms with van der Waals surface area (Å²) in [6.07, 6.45) is 0. The Morgan fingerprint density at radius 3 is 2.57 bits per heavy atom. The summed E-state index contributed by atoms with van der Waals surface area (Å²) in [5.74, 6) is 0.283. The highest BCUT2D eigenvalue weighted by molar-refractivity contribution is 5.96. The summed E-state index contributed by atoms with van der Waals surface area (Å²) >= 11 is 0. The number of hydrogen-bond donors (Lipinski definition) is 2. The van der Waals surface area contributed by atoms with Crippen LogP contribution in [0.2, 0.25) is 0 Å². The third-order valence-corrected chi connectivity index (χ3v) is 3.82. The fraction of sp³-hybridized carbons (Fsp3) is 0.333. The molecule has 0 bridgehead atoms. The maximum absolute atomic E-state index is 12.3. The summed E-state index contributed by atoms with van der Waals surface area (Å²) in [6.45, 7) is 3.52. The van der Waals surface area contributed by atoms with Gasteiger partial charge in [0.2, 0.25) is 5.91 Å². The van der Waals surface area contributed by atoms with Gasteiger partial charge in [-0.1, -0.05) is 18.2 Å². The summed E-state index contributed by atoms with van der Waals surface area (Å²) in [6, 6.07) is 14.3. The zero-order chi connectivity index (χ0) is 20.4. The van der Waals surface area contributed by atoms with Gasteiger partial charge in [-0.05, 0) is 37.3 Å². The zero-order valence-corrected chi connectivity index (χ0v) is 16.5. The Kier molecular flexibility index (Phi) is 8.30. The van der Waals surface area contributed by atoms with Crippen LogP contribution in [0.25, 0.3) is 0 Å². The van der Waals surface area contributed by atoms with Crippen LogP contribution < -0.4 is 15.4 Å². The molecule has 0 atom stereocenters. The number of carbonyl (C=O) groups excluding carboxylic acids is 2. The largest absolute Gasteiger partial charge is 0.489 e. The van der Waals surface area contributed by atoms with Crippen LogP contribution in [-0.4, -0.2) is 57.2 Å². The Labute approximate surface area is 165 Å². The molecule has 0 aromatic heterocycles. The highest BCUT2D eigenvalue weighted by atomic mass is 16.5. The minimum absolute atomic E-state index is 0.0624. The summed E-state index contributed by atoms with van der Waals surface area (Å²) < 4.78 is 10.9. The normalized spacial score (nSPS) is 10.2. The smallest absolute Gasteiger partial charge is 0.253 e. The number of rotatable bonds is 10. The number of nitrogens with zero attached hydrogens (tertiary/aromatic N) is 1. The number of carbonyl (C=O) groups is 2. The van der Waals surface area contributed by atoms with E-state index >= 15 is 0 Å². The first-order valence-corrected chi connectivity index (χ1v) is 9.16. The Bertz CT molecular complexity index is 793. The molecule has 0 radical (unpaired) electrons. The SMILES string of the molecule is CCOCCOc1ccccc1NC(=O)CNc1cccc(C(=O)N(C)C)c1. The van der Waals surface area contributed by atoms with Crippen LogP contribution in [0, 0.1) is 0 Å². The molecule has 0 aliphatic rings. The topological polar surface area (TPSA) is 79.9 Å². The van der Waals surface area contributed by atoms with Gasteiger partial charge >= 0.3 is 0 Å². The molecule has 0 heterocycles. The Morgan fingerprint density at radius 2 is 1.82 bits per heavy atom. The number of benzene rings is 2. The highest BCUT2D eigenvalue weighted by Gasteiger charge is 2.10. The molecular weight excluding hydrogens is 358 g/mol. The van der Waals surface area contributed by atoms with Crippen LogP contribution in [0.5, 0.6) is 5.75 Å². The lowest BCUT2D eigenvalue weighted by atomic mass is 10.2. The summed E-state index contributed by atoms with van der Waals surface area (Å²) in [5.41, 5.74) is 1.86. The third-order valence-electron chi connectivity index (χ3n) is 3.82. The molecule has 28 heavy (non-hydrogen) atoms. The van der Waals surface area contributed by atoms with Gasteiger partial charge in [0.1, 0.15) is 12.4 Å². The molecule has 0 spiro atoms. The maximum atomic E-state index is 12.3. The van der Waals surface area contributed by atoms with Gasteiger partial charge in [0.05, 0.1) is 18.8 Å². The predicted octanol–water partition coefficient (Wildman–Crippen LogP) is 2.85. The minimum atomic E-state index is -0.217. The lowest BCUT2D eigenvalue weighted by molar-refractivity contribution is -0.114. The van der Waals surface area contributed by atoms with Crippen LogP contribution in [0.4, 0.5) is 11.4 Å². The van der Waals surface area contributed by atoms with Crippen LogP contribution in [0.15, 0.2) is 48.5 Å². The number of anilines is 2. The van der Waals surface area contributed by atoms with Gasteiger partial charge in [0, 0.05) is 32.0 Å². The minimum Gasteiger partial charge on any atom is -0.489 e. The molecule has 0 saturated heterocycles. The van der Waals surface area contributed by atoms with E-state index in [1.807, 2.05) is 25.1 Å². The van der Waals surface area contributed by atoms with Crippen molar-refractivity contribution < 1.29 is 19.1 Å². The summed E-state index contributed by atoms with van der Waals surface area (Å²) in [7, 11) is 3.40. The van der Waals surface area contributed by atoms with Gasteiger partial charge in [0.25, 0.3) is 5.91 Å². The van der Waals surface area contributed by atoms with Gasteiger partial charge in [-0.15, -0.1) is 0 Å². The average Bonchev–Trinajstić information content (AvgIpc) is 2.70. The standard InChI is InChI=1S/C21H27N3O4/c1-4-27-12-13-28-19-11-6-5-10-18(19)23-20(25)15-22-17-9-7-8-16(14-17)21(26)24(2)3/h5-11,14,22H,4,12-13,15H2,1-3H3,(H,23,25). The van der Waals surface area contributed by atoms with E-state index in [1.165, 1.54) is 4.90 Å². The summed E-state index contributed by atoms with van der Waals surface area (Å²) in [4.78, 5) is 25.9. The first-order chi connectivity index (χ1) is 13.5. The van der Waals surface area contributed by atoms with Gasteiger partial charge in [-0.2, -0.15) is 0 Å². The Morgan fingerprint density at radius 1 is 1.04 bits per heavy atom. The maximum Gasteiger partial charge on any atom is 0.253 e. The Balaban J connectivity index is 1.91. The van der Waals surface area contributed by atoms with Gasteiger partial charge in [-0.3, -0.25) is 9.59 Å². The van der Waals surface area contributed by atoms with E-state index in [2.05, 4.69) is 10.6 Å². The molecule has 7 heteroatoms. The summed E-state index contributed by atoms with van der Waals surface area (Å²) in [5, 5.41) is 5.87. The van der Waals surface area contributed by atoms with E-state index in [0.29, 0.717) is 42.5 Å². The van der Waals surface area contributed by atoms with Crippen LogP contribution in [-0.2, 0) is 9.53 Å². The van der Waals surface area contributed by atoms with E-state index in [-0.39, 0.29) is 18.4 Å². The van der Waals surface area contributed by atoms with Crippen LogP contribution >= 0.6 is 0 Å². The van der Waals surface area contributed by atoms with Gasteiger partial charge in [-0.25, -0.2) is 0 Å². The molecule has 2 N–H and O–H groups in total. The van der Waals surface area contributed by atoms with Crippen molar-refractivity contribution in [3.63, 3.8) is 0 Å². The van der Waals surface area contributed by atoms with E-state index in [9.17, 15) is 9.59 Å². The lowest BCUT2D eigenvalue weighted by Gasteiger charge is -2.14. The highest BCUT2D eigenvalue weighted by Crippen LogP contribution is 2.23. The third kappa shape index (κ3) is 6.59. The van der Waals surface area contributed by atoms with Crippen molar-refractivity contribution in [3.05, 3.63) is 54.1 Å². The Hall–Kier alpha value is -3.06. The van der Waals surface area contributed by atoms with Crippen molar-refractivity contribution in [3.8, 4) is 5.75 Å². The first-order valence-electron chi connectivity index (χ1n) is 9.16. The number of para-hydroxylation sites is 2. The van der Waals surface area contributed by atoms with Crippen LogP contribution in [0.3, 0.4) is 0 Å². The second kappa shape index (κ2) is 10.9. The fourth-order valence-corrected chi connectivity index (χ4v) is 2.45. The van der Waals surface area contributed by atoms with Crippen molar-refractivity contribution in [1.29, 1.82) is 0 Å². The molecule has 2 aromatic carbocycles. The van der Waals surface area contributed by atoms with E-state index < -0.39 is 0 Å². The molecule has 0 aliphatic carbocycles. The molecule has 2 aromatic rings. The first kappa shape index (κ1) is 21.2. The van der Waals surface area contributed by atoms with Crippen molar-refractivity contribution >= 4 is 23.2 Å². The fourth-order valence-electron chi connectivity index (χ4n) is 2.45. The van der Waals surface area contributed by atoms with E-state index in [0.717, 1.165) is 0 Å². The monoisotopic (exact) mass is 385 g/mol. The van der Waals surface area contributed by atoms with E-state index in [4.69, 9.17) is 9.47 Å². The van der Waals surface area contributed by atoms with Crippen molar-refractivity contribution in [2.24, 2.45) is 0 Å². The molecule has 0 unspecified atom stereocenters. The van der Waals surface area contributed by atoms with Crippen molar-refractivity contribution in [1.82, 2.24) is 4.90 Å². The number of amides is 2. The number of hydrogen-bond acceptors (Lipinski definition) is 5. The molecule has 2 amide bonds. The molecule has 2 rings (SSSR count). The number of ether oxygens (including phenoxy) is 2. The van der Waals surface area contributed by atoms with E-state index in [1.54, 1.807) is 44.4 Å². The van der Waals surface area contributed by atoms with Gasteiger partial charge < -0.3 is 25.0 Å². The molecule has 0 saturated carbocycles. The van der Waals surface area contributed by atoms with Gasteiger partial charge in [0.15, 0.2) is 0 Å². The molecular formula is C21H27N3O4. The van der Waals surface area contributed by atoms with Crippen molar-refractivity contribution in [2.45, 2.75) is 6.92 Å². The average molecular weight is 385 g/mol. The van der Waals surface area contributed by atoms with Crippen molar-refractivity contribution in [2.75, 3.05) is 51.1 Å². The molecule has 150 valence electrons. The predicted molar refractivity (Wildman–Crippen MR) is 110 cm³/mol. The second-order valence-electron chi connectivity index (χ2n) is 6.22. The molecule has 0 aliphatic heterocycles. The van der Waals surface area contributed by atoms with Crippen LogP contribution in [0.1, 0.15) is 17.3 Å². The molecule has 0 fully saturated rings. The molecule has 7 nitrogen and oxygen atoms in total. The zero-order valence-electron chi connectivity index (χ0n) is 16.5. The number of nitrogens with one attached hydrogen (secondary N) is 2. The second-order valence-corrected chi connectivity index (χ2v) is 6.22.